The van der Waals surface area contributed by atoms with E-state index in [1.807, 2.05) is 0 Å². The molecular formula is C13H12F2N2O. The van der Waals surface area contributed by atoms with E-state index in [4.69, 9.17) is 5.73 Å². The number of nitrogens with one attached hydrogen (secondary N) is 1. The lowest BCUT2D eigenvalue weighted by Crippen LogP contribution is -2.16. The Balaban J connectivity index is 2.59. The fourth-order valence-corrected chi connectivity index (χ4v) is 1.67. The van der Waals surface area contributed by atoms with Gasteiger partial charge < -0.3 is 10.7 Å². The lowest BCUT2D eigenvalue weighted by Gasteiger charge is -2.06. The van der Waals surface area contributed by atoms with E-state index in [-0.39, 0.29) is 23.4 Å². The maximum atomic E-state index is 13.7. The summed E-state index contributed by atoms with van der Waals surface area (Å²) < 4.78 is 27.1. The molecule has 5 heteroatoms. The third kappa shape index (κ3) is 2.17. The summed E-state index contributed by atoms with van der Waals surface area (Å²) in [7, 11) is 0. The van der Waals surface area contributed by atoms with Crippen LogP contribution in [0.25, 0.3) is 11.3 Å². The maximum Gasteiger partial charge on any atom is 0.252 e. The number of hydrogen-bond acceptors (Lipinski definition) is 2. The summed E-state index contributed by atoms with van der Waals surface area (Å²) in [4.78, 5) is 14.0. The first-order valence-electron chi connectivity index (χ1n) is 5.41. The van der Waals surface area contributed by atoms with E-state index in [1.165, 1.54) is 19.1 Å². The Morgan fingerprint density at radius 3 is 2.56 bits per heavy atom. The molecule has 0 bridgehead atoms. The lowest BCUT2D eigenvalue weighted by atomic mass is 10.1. The van der Waals surface area contributed by atoms with Crippen LogP contribution in [-0.2, 0) is 6.54 Å². The second kappa shape index (κ2) is 4.70. The summed E-state index contributed by atoms with van der Waals surface area (Å²) in [5.74, 6) is -1.10. The molecule has 3 nitrogen and oxygen atoms in total. The molecule has 0 radical (unpaired) electrons. The number of aryl methyl sites for hydroxylation is 1. The minimum atomic E-state index is -0.579. The maximum absolute atomic E-state index is 13.7. The summed E-state index contributed by atoms with van der Waals surface area (Å²) in [6, 6.07) is 5.18. The van der Waals surface area contributed by atoms with Crippen LogP contribution >= 0.6 is 0 Å². The Hall–Kier alpha value is -2.01. The Kier molecular flexibility index (Phi) is 3.25. The van der Waals surface area contributed by atoms with Gasteiger partial charge in [-0.05, 0) is 30.7 Å². The molecular weight excluding hydrogens is 238 g/mol. The van der Waals surface area contributed by atoms with E-state index in [2.05, 4.69) is 4.98 Å². The quantitative estimate of drug-likeness (QED) is 0.857. The molecule has 0 atom stereocenters. The van der Waals surface area contributed by atoms with E-state index in [1.54, 1.807) is 0 Å². The Bertz CT molecular complexity index is 650. The second-order valence-corrected chi connectivity index (χ2v) is 4.01. The van der Waals surface area contributed by atoms with Crippen LogP contribution in [0.3, 0.4) is 0 Å². The van der Waals surface area contributed by atoms with Gasteiger partial charge in [-0.2, -0.15) is 0 Å². The first-order chi connectivity index (χ1) is 8.52. The average Bonchev–Trinajstić information content (AvgIpc) is 2.33. The fraction of sp³-hybridized carbons (Fsp3) is 0.154. The third-order valence-corrected chi connectivity index (χ3v) is 2.75. The van der Waals surface area contributed by atoms with Gasteiger partial charge in [-0.1, -0.05) is 6.07 Å². The van der Waals surface area contributed by atoms with Crippen molar-refractivity contribution in [2.24, 2.45) is 5.73 Å². The highest BCUT2D eigenvalue weighted by Gasteiger charge is 2.10. The lowest BCUT2D eigenvalue weighted by molar-refractivity contribution is 0.594. The molecule has 18 heavy (non-hydrogen) atoms. The summed E-state index contributed by atoms with van der Waals surface area (Å²) in [5.41, 5.74) is 5.84. The SMILES string of the molecule is Cc1cc(F)c(-c2ccc(CN)c(=O)[nH]2)cc1F. The summed E-state index contributed by atoms with van der Waals surface area (Å²) in [6.07, 6.45) is 0. The number of halogens is 2. The monoisotopic (exact) mass is 250 g/mol. The largest absolute Gasteiger partial charge is 0.326 e. The Morgan fingerprint density at radius 1 is 1.22 bits per heavy atom. The molecule has 2 aromatic rings. The van der Waals surface area contributed by atoms with Gasteiger partial charge in [0.05, 0.1) is 5.69 Å². The summed E-state index contributed by atoms with van der Waals surface area (Å²) in [5, 5.41) is 0. The molecule has 1 aromatic heterocycles. The van der Waals surface area contributed by atoms with Crippen molar-refractivity contribution in [3.63, 3.8) is 0 Å². The first kappa shape index (κ1) is 12.4. The third-order valence-electron chi connectivity index (χ3n) is 2.75. The number of H-pyrrole nitrogens is 1. The number of pyridine rings is 1. The van der Waals surface area contributed by atoms with Crippen molar-refractivity contribution in [2.75, 3.05) is 0 Å². The summed E-state index contributed by atoms with van der Waals surface area (Å²) in [6.45, 7) is 1.57. The number of aromatic nitrogens is 1. The van der Waals surface area contributed by atoms with Gasteiger partial charge in [-0.25, -0.2) is 8.78 Å². The van der Waals surface area contributed by atoms with Crippen LogP contribution in [0.5, 0.6) is 0 Å². The highest BCUT2D eigenvalue weighted by atomic mass is 19.1. The van der Waals surface area contributed by atoms with Gasteiger partial charge in [0.2, 0.25) is 0 Å². The summed E-state index contributed by atoms with van der Waals surface area (Å²) >= 11 is 0. The minimum absolute atomic E-state index is 0.0266. The van der Waals surface area contributed by atoms with Gasteiger partial charge >= 0.3 is 0 Å². The minimum Gasteiger partial charge on any atom is -0.326 e. The number of rotatable bonds is 2. The smallest absolute Gasteiger partial charge is 0.252 e. The number of benzene rings is 1. The van der Waals surface area contributed by atoms with Crippen molar-refractivity contribution >= 4 is 0 Å². The van der Waals surface area contributed by atoms with E-state index in [0.29, 0.717) is 5.56 Å². The van der Waals surface area contributed by atoms with E-state index >= 15 is 0 Å². The van der Waals surface area contributed by atoms with Gasteiger partial charge in [-0.15, -0.1) is 0 Å². The zero-order valence-corrected chi connectivity index (χ0v) is 9.76. The Morgan fingerprint density at radius 2 is 1.94 bits per heavy atom. The van der Waals surface area contributed by atoms with Crippen LogP contribution in [0.4, 0.5) is 8.78 Å². The van der Waals surface area contributed by atoms with Crippen LogP contribution in [-0.4, -0.2) is 4.98 Å². The van der Waals surface area contributed by atoms with Crippen molar-refractivity contribution in [1.29, 1.82) is 0 Å². The molecule has 0 spiro atoms. The van der Waals surface area contributed by atoms with Crippen LogP contribution < -0.4 is 11.3 Å². The van der Waals surface area contributed by atoms with Gasteiger partial charge in [0, 0.05) is 17.7 Å². The van der Waals surface area contributed by atoms with Crippen molar-refractivity contribution in [3.8, 4) is 11.3 Å². The molecule has 0 fully saturated rings. The van der Waals surface area contributed by atoms with E-state index in [9.17, 15) is 13.6 Å². The van der Waals surface area contributed by atoms with Crippen LogP contribution in [0.1, 0.15) is 11.1 Å². The van der Waals surface area contributed by atoms with Crippen LogP contribution in [0.2, 0.25) is 0 Å². The Labute approximate surface area is 102 Å². The van der Waals surface area contributed by atoms with Crippen molar-refractivity contribution in [2.45, 2.75) is 13.5 Å². The normalized spacial score (nSPS) is 10.7. The zero-order valence-electron chi connectivity index (χ0n) is 9.76. The molecule has 94 valence electrons. The molecule has 1 aromatic carbocycles. The fourth-order valence-electron chi connectivity index (χ4n) is 1.67. The molecule has 0 saturated carbocycles. The second-order valence-electron chi connectivity index (χ2n) is 4.01. The van der Waals surface area contributed by atoms with Crippen LogP contribution in [0.15, 0.2) is 29.1 Å². The van der Waals surface area contributed by atoms with Crippen molar-refractivity contribution in [3.05, 3.63) is 57.4 Å². The molecule has 0 amide bonds. The molecule has 0 aliphatic heterocycles. The van der Waals surface area contributed by atoms with Crippen molar-refractivity contribution in [1.82, 2.24) is 4.98 Å². The predicted octanol–water partition coefficient (Wildman–Crippen LogP) is 2.09. The van der Waals surface area contributed by atoms with Crippen LogP contribution in [0, 0.1) is 18.6 Å². The van der Waals surface area contributed by atoms with E-state index in [0.717, 1.165) is 12.1 Å². The van der Waals surface area contributed by atoms with Gasteiger partial charge in [0.25, 0.3) is 5.56 Å². The van der Waals surface area contributed by atoms with Gasteiger partial charge in [-0.3, -0.25) is 4.79 Å². The molecule has 2 rings (SSSR count). The van der Waals surface area contributed by atoms with E-state index < -0.39 is 17.2 Å². The molecule has 0 aliphatic carbocycles. The molecule has 0 aliphatic rings. The first-order valence-corrected chi connectivity index (χ1v) is 5.41. The number of nitrogens with two attached hydrogens (primary N) is 1. The number of hydrogen-bond donors (Lipinski definition) is 2. The van der Waals surface area contributed by atoms with Crippen molar-refractivity contribution < 1.29 is 8.78 Å². The van der Waals surface area contributed by atoms with Gasteiger partial charge in [0.1, 0.15) is 11.6 Å². The molecule has 0 unspecified atom stereocenters. The van der Waals surface area contributed by atoms with Gasteiger partial charge in [0.15, 0.2) is 0 Å². The number of aromatic amines is 1. The predicted molar refractivity (Wildman–Crippen MR) is 65.0 cm³/mol. The highest BCUT2D eigenvalue weighted by molar-refractivity contribution is 5.60. The zero-order chi connectivity index (χ0) is 13.3. The average molecular weight is 250 g/mol. The standard InChI is InChI=1S/C13H12F2N2O/c1-7-4-11(15)9(5-10(7)14)12-3-2-8(6-16)13(18)17-12/h2-5H,6,16H2,1H3,(H,17,18). The molecule has 0 saturated heterocycles. The molecule has 1 heterocycles. The highest BCUT2D eigenvalue weighted by Crippen LogP contribution is 2.23. The topological polar surface area (TPSA) is 58.9 Å². The molecule has 3 N–H and O–H groups in total.